The molecule has 0 amide bonds. The summed E-state index contributed by atoms with van der Waals surface area (Å²) >= 11 is 0. The molecule has 0 aliphatic heterocycles. The molecule has 1 aromatic heterocycles. The molecule has 0 saturated heterocycles. The van der Waals surface area contributed by atoms with Crippen LogP contribution in [0.15, 0.2) is 28.7 Å². The highest BCUT2D eigenvalue weighted by molar-refractivity contribution is 5.62. The molecule has 1 heterocycles. The summed E-state index contributed by atoms with van der Waals surface area (Å²) in [5.74, 6) is 1.77. The third-order valence-electron chi connectivity index (χ3n) is 1.86. The van der Waals surface area contributed by atoms with E-state index in [4.69, 9.17) is 9.15 Å². The van der Waals surface area contributed by atoms with Crippen LogP contribution in [0.1, 0.15) is 13.3 Å². The van der Waals surface area contributed by atoms with E-state index in [1.165, 1.54) is 0 Å². The molecule has 0 N–H and O–H groups in total. The molecule has 4 nitrogen and oxygen atoms in total. The van der Waals surface area contributed by atoms with Crippen molar-refractivity contribution in [2.45, 2.75) is 14.4 Å². The average Bonchev–Trinajstić information content (AvgIpc) is 2.65. The summed E-state index contributed by atoms with van der Waals surface area (Å²) in [5.41, 5.74) is 0.815. The van der Waals surface area contributed by atoms with Crippen molar-refractivity contribution >= 4 is 0 Å². The van der Waals surface area contributed by atoms with Gasteiger partial charge in [0.05, 0.1) is 12.7 Å². The Hall–Kier alpha value is -1.84. The minimum atomic E-state index is 0. The SMILES string of the molecule is C.COc1ccccc1-c1nnc(C)o1. The van der Waals surface area contributed by atoms with E-state index in [1.54, 1.807) is 14.0 Å². The van der Waals surface area contributed by atoms with Gasteiger partial charge in [0.2, 0.25) is 5.89 Å². The van der Waals surface area contributed by atoms with Crippen molar-refractivity contribution in [2.75, 3.05) is 7.11 Å². The minimum Gasteiger partial charge on any atom is -0.496 e. The van der Waals surface area contributed by atoms with Gasteiger partial charge < -0.3 is 9.15 Å². The van der Waals surface area contributed by atoms with Gasteiger partial charge in [0.1, 0.15) is 5.75 Å². The van der Waals surface area contributed by atoms with Gasteiger partial charge in [-0.05, 0) is 12.1 Å². The monoisotopic (exact) mass is 206 g/mol. The topological polar surface area (TPSA) is 48.2 Å². The molecule has 0 spiro atoms. The zero-order valence-corrected chi connectivity index (χ0v) is 8.02. The van der Waals surface area contributed by atoms with Crippen molar-refractivity contribution < 1.29 is 9.15 Å². The van der Waals surface area contributed by atoms with Gasteiger partial charge in [-0.2, -0.15) is 0 Å². The Morgan fingerprint density at radius 3 is 2.53 bits per heavy atom. The zero-order chi connectivity index (χ0) is 9.97. The van der Waals surface area contributed by atoms with Gasteiger partial charge in [0.25, 0.3) is 5.89 Å². The molecule has 0 saturated carbocycles. The van der Waals surface area contributed by atoms with E-state index in [9.17, 15) is 0 Å². The van der Waals surface area contributed by atoms with Crippen LogP contribution in [0.25, 0.3) is 11.5 Å². The summed E-state index contributed by atoms with van der Waals surface area (Å²) < 4.78 is 10.5. The van der Waals surface area contributed by atoms with Crippen LogP contribution in [0.3, 0.4) is 0 Å². The van der Waals surface area contributed by atoms with Crippen molar-refractivity contribution in [3.63, 3.8) is 0 Å². The van der Waals surface area contributed by atoms with Crippen LogP contribution in [0, 0.1) is 6.92 Å². The number of para-hydroxylation sites is 1. The number of ether oxygens (including phenoxy) is 1. The third kappa shape index (κ3) is 2.15. The van der Waals surface area contributed by atoms with E-state index in [2.05, 4.69) is 10.2 Å². The van der Waals surface area contributed by atoms with E-state index in [1.807, 2.05) is 24.3 Å². The molecule has 2 aromatic rings. The van der Waals surface area contributed by atoms with Crippen LogP contribution in [0.5, 0.6) is 5.75 Å². The molecule has 0 radical (unpaired) electrons. The third-order valence-corrected chi connectivity index (χ3v) is 1.86. The zero-order valence-electron chi connectivity index (χ0n) is 8.02. The first-order chi connectivity index (χ1) is 6.81. The quantitative estimate of drug-likeness (QED) is 0.758. The molecule has 0 unspecified atom stereocenters. The molecule has 15 heavy (non-hydrogen) atoms. The molecule has 0 atom stereocenters. The highest BCUT2D eigenvalue weighted by Gasteiger charge is 2.10. The van der Waals surface area contributed by atoms with Crippen molar-refractivity contribution in [3.05, 3.63) is 30.2 Å². The fourth-order valence-electron chi connectivity index (χ4n) is 1.23. The Labute approximate surface area is 88.9 Å². The lowest BCUT2D eigenvalue weighted by Crippen LogP contribution is -1.87. The Morgan fingerprint density at radius 1 is 1.20 bits per heavy atom. The first-order valence-corrected chi connectivity index (χ1v) is 4.25. The lowest BCUT2D eigenvalue weighted by atomic mass is 10.2. The van der Waals surface area contributed by atoms with Crippen LogP contribution in [0.4, 0.5) is 0 Å². The van der Waals surface area contributed by atoms with Gasteiger partial charge >= 0.3 is 0 Å². The number of methoxy groups -OCH3 is 1. The molecule has 80 valence electrons. The molecule has 0 aliphatic rings. The summed E-state index contributed by atoms with van der Waals surface area (Å²) in [6.45, 7) is 1.76. The van der Waals surface area contributed by atoms with Crippen molar-refractivity contribution in [2.24, 2.45) is 0 Å². The van der Waals surface area contributed by atoms with Gasteiger partial charge in [-0.1, -0.05) is 19.6 Å². The average molecular weight is 206 g/mol. The number of nitrogens with zero attached hydrogens (tertiary/aromatic N) is 2. The van der Waals surface area contributed by atoms with E-state index in [-0.39, 0.29) is 7.43 Å². The number of aromatic nitrogens is 2. The van der Waals surface area contributed by atoms with Crippen LogP contribution < -0.4 is 4.74 Å². The largest absolute Gasteiger partial charge is 0.496 e. The number of rotatable bonds is 2. The van der Waals surface area contributed by atoms with Crippen molar-refractivity contribution in [1.82, 2.24) is 10.2 Å². The molecule has 0 aliphatic carbocycles. The smallest absolute Gasteiger partial charge is 0.251 e. The second kappa shape index (κ2) is 4.59. The van der Waals surface area contributed by atoms with Gasteiger partial charge in [0, 0.05) is 6.92 Å². The first-order valence-electron chi connectivity index (χ1n) is 4.25. The highest BCUT2D eigenvalue weighted by Crippen LogP contribution is 2.27. The number of hydrogen-bond acceptors (Lipinski definition) is 4. The number of benzene rings is 1. The second-order valence-corrected chi connectivity index (χ2v) is 2.83. The predicted octanol–water partition coefficient (Wildman–Crippen LogP) is 2.69. The summed E-state index contributed by atoms with van der Waals surface area (Å²) in [4.78, 5) is 0. The maximum absolute atomic E-state index is 5.31. The Morgan fingerprint density at radius 2 is 1.93 bits per heavy atom. The molecule has 4 heteroatoms. The molecular weight excluding hydrogens is 192 g/mol. The molecule has 2 rings (SSSR count). The Balaban J connectivity index is 0.00000112. The van der Waals surface area contributed by atoms with Gasteiger partial charge in [-0.15, -0.1) is 10.2 Å². The maximum atomic E-state index is 5.31. The summed E-state index contributed by atoms with van der Waals surface area (Å²) in [7, 11) is 1.61. The van der Waals surface area contributed by atoms with Crippen LogP contribution in [0.2, 0.25) is 0 Å². The maximum Gasteiger partial charge on any atom is 0.251 e. The standard InChI is InChI=1S/C10H10N2O2.CH4/c1-7-11-12-10(14-7)8-5-3-4-6-9(8)13-2;/h3-6H,1-2H3;1H4. The molecule has 1 aromatic carbocycles. The van der Waals surface area contributed by atoms with Crippen molar-refractivity contribution in [1.29, 1.82) is 0 Å². The highest BCUT2D eigenvalue weighted by atomic mass is 16.5. The lowest BCUT2D eigenvalue weighted by Gasteiger charge is -2.02. The predicted molar refractivity (Wildman–Crippen MR) is 57.8 cm³/mol. The Kier molecular flexibility index (Phi) is 3.44. The normalized spacial score (nSPS) is 9.47. The van der Waals surface area contributed by atoms with Gasteiger partial charge in [-0.25, -0.2) is 0 Å². The lowest BCUT2D eigenvalue weighted by molar-refractivity contribution is 0.414. The van der Waals surface area contributed by atoms with Crippen LogP contribution in [-0.4, -0.2) is 17.3 Å². The van der Waals surface area contributed by atoms with E-state index < -0.39 is 0 Å². The fourth-order valence-corrected chi connectivity index (χ4v) is 1.23. The molecule has 0 bridgehead atoms. The second-order valence-electron chi connectivity index (χ2n) is 2.83. The molecular formula is C11H14N2O2. The van der Waals surface area contributed by atoms with Gasteiger partial charge in [0.15, 0.2) is 0 Å². The van der Waals surface area contributed by atoms with Crippen LogP contribution in [-0.2, 0) is 0 Å². The van der Waals surface area contributed by atoms with Gasteiger partial charge in [-0.3, -0.25) is 0 Å². The van der Waals surface area contributed by atoms with Crippen molar-refractivity contribution in [3.8, 4) is 17.2 Å². The summed E-state index contributed by atoms with van der Waals surface area (Å²) in [6, 6.07) is 7.53. The van der Waals surface area contributed by atoms with E-state index >= 15 is 0 Å². The first kappa shape index (κ1) is 11.2. The summed E-state index contributed by atoms with van der Waals surface area (Å²) in [5, 5.41) is 7.69. The summed E-state index contributed by atoms with van der Waals surface area (Å²) in [6.07, 6.45) is 0. The minimum absolute atomic E-state index is 0. The van der Waals surface area contributed by atoms with Crippen LogP contribution >= 0.6 is 0 Å². The Bertz CT molecular complexity index is 438. The number of hydrogen-bond donors (Lipinski definition) is 0. The fraction of sp³-hybridized carbons (Fsp3) is 0.273. The molecule has 0 fully saturated rings. The van der Waals surface area contributed by atoms with E-state index in [0.29, 0.717) is 11.8 Å². The van der Waals surface area contributed by atoms with E-state index in [0.717, 1.165) is 11.3 Å². The number of aryl methyl sites for hydroxylation is 1.